The van der Waals surface area contributed by atoms with Gasteiger partial charge in [0.1, 0.15) is 23.5 Å². The number of aromatic amines is 1. The molecule has 0 unspecified atom stereocenters. The molecule has 0 spiro atoms. The van der Waals surface area contributed by atoms with E-state index in [9.17, 15) is 18.0 Å². The lowest BCUT2D eigenvalue weighted by Crippen LogP contribution is -2.53. The number of fused-ring (bicyclic) bond motifs is 3. The fourth-order valence-corrected chi connectivity index (χ4v) is 5.43. The molecule has 11 heteroatoms. The van der Waals surface area contributed by atoms with Crippen molar-refractivity contribution in [2.45, 2.75) is 50.8 Å². The highest BCUT2D eigenvalue weighted by Crippen LogP contribution is 2.43. The van der Waals surface area contributed by atoms with Crippen LogP contribution in [0, 0.1) is 11.6 Å². The average molecular weight is 526 g/mol. The van der Waals surface area contributed by atoms with Crippen molar-refractivity contribution in [2.75, 3.05) is 32.9 Å². The monoisotopic (exact) mass is 525 g/mol. The minimum Gasteiger partial charge on any atom is -0.488 e. The third kappa shape index (κ3) is 5.11. The summed E-state index contributed by atoms with van der Waals surface area (Å²) < 4.78 is 83.0. The second-order valence-corrected chi connectivity index (χ2v) is 10.1. The number of alkyl halides is 3. The van der Waals surface area contributed by atoms with Gasteiger partial charge in [-0.15, -0.1) is 0 Å². The van der Waals surface area contributed by atoms with E-state index in [4.69, 9.17) is 9.15 Å². The Bertz CT molecular complexity index is 1320. The summed E-state index contributed by atoms with van der Waals surface area (Å²) in [7, 11) is 0. The van der Waals surface area contributed by atoms with Crippen LogP contribution in [-0.2, 0) is 6.42 Å². The zero-order valence-electron chi connectivity index (χ0n) is 20.5. The molecule has 2 aromatic carbocycles. The number of rotatable bonds is 8. The average Bonchev–Trinajstić information content (AvgIpc) is 3.16. The maximum absolute atomic E-state index is 15.6. The molecule has 0 radical (unpaired) electrons. The molecule has 6 nitrogen and oxygen atoms in total. The molecule has 5 rings (SSSR count). The predicted octanol–water partition coefficient (Wildman–Crippen LogP) is 4.81. The number of hydrogen-bond acceptors (Lipinski definition) is 5. The Kier molecular flexibility index (Phi) is 6.78. The van der Waals surface area contributed by atoms with Crippen molar-refractivity contribution in [2.24, 2.45) is 0 Å². The number of hydrogen-bond donors (Lipinski definition) is 1. The Morgan fingerprint density at radius 1 is 1.19 bits per heavy atom. The summed E-state index contributed by atoms with van der Waals surface area (Å²) in [4.78, 5) is 17.7. The Morgan fingerprint density at radius 3 is 2.54 bits per heavy atom. The number of benzene rings is 2. The van der Waals surface area contributed by atoms with E-state index in [1.807, 2.05) is 4.90 Å². The van der Waals surface area contributed by atoms with Crippen LogP contribution in [0.2, 0.25) is 0 Å². The molecule has 0 bridgehead atoms. The van der Waals surface area contributed by atoms with Gasteiger partial charge in [0.25, 0.3) is 5.92 Å². The number of ether oxygens (including phenoxy) is 1. The highest BCUT2D eigenvalue weighted by Gasteiger charge is 2.42. The van der Waals surface area contributed by atoms with Crippen molar-refractivity contribution in [3.05, 3.63) is 63.1 Å². The van der Waals surface area contributed by atoms with Gasteiger partial charge in [-0.3, -0.25) is 19.2 Å². The largest absolute Gasteiger partial charge is 0.488 e. The summed E-state index contributed by atoms with van der Waals surface area (Å²) in [6.07, 6.45) is 0.391. The minimum atomic E-state index is -3.12. The molecular formula is C26H28F5N3O3. The molecule has 3 heterocycles. The normalized spacial score (nSPS) is 21.3. The van der Waals surface area contributed by atoms with Gasteiger partial charge in [-0.25, -0.2) is 22.4 Å². The lowest BCUT2D eigenvalue weighted by Gasteiger charge is -2.43. The predicted molar refractivity (Wildman–Crippen MR) is 127 cm³/mol. The quantitative estimate of drug-likeness (QED) is 0.428. The first-order valence-electron chi connectivity index (χ1n) is 12.3. The molecule has 2 aliphatic rings. The minimum absolute atomic E-state index is 0.00238. The molecular weight excluding hydrogens is 497 g/mol. The number of aromatic nitrogens is 1. The lowest BCUT2D eigenvalue weighted by atomic mass is 9.84. The van der Waals surface area contributed by atoms with Gasteiger partial charge in [-0.05, 0) is 31.4 Å². The van der Waals surface area contributed by atoms with E-state index in [1.54, 1.807) is 19.1 Å². The van der Waals surface area contributed by atoms with Crippen molar-refractivity contribution in [3.63, 3.8) is 0 Å². The summed E-state index contributed by atoms with van der Waals surface area (Å²) >= 11 is 0. The van der Waals surface area contributed by atoms with Crippen LogP contribution in [0.5, 0.6) is 5.75 Å². The molecule has 1 saturated heterocycles. The molecule has 0 saturated carbocycles. The van der Waals surface area contributed by atoms with Gasteiger partial charge in [-0.2, -0.15) is 0 Å². The van der Waals surface area contributed by atoms with E-state index in [0.717, 1.165) is 19.1 Å². The summed E-state index contributed by atoms with van der Waals surface area (Å²) in [5.74, 6) is -5.64. The molecule has 0 amide bonds. The van der Waals surface area contributed by atoms with Gasteiger partial charge in [-0.1, -0.05) is 6.07 Å². The SMILES string of the molecule is C[C@@H]1Cc2c(ccc3[nH]c(=O)oc23)[C@@H](c2c(F)cc(OC3CN(CCCF)C3)cc2F)N1CC(C)(F)F. The van der Waals surface area contributed by atoms with Crippen LogP contribution in [0.3, 0.4) is 0 Å². The van der Waals surface area contributed by atoms with Crippen LogP contribution in [0.1, 0.15) is 43.0 Å². The number of nitrogens with one attached hydrogen (secondary N) is 1. The van der Waals surface area contributed by atoms with E-state index in [2.05, 4.69) is 4.98 Å². The zero-order chi connectivity index (χ0) is 26.5. The topological polar surface area (TPSA) is 61.7 Å². The van der Waals surface area contributed by atoms with Crippen LogP contribution >= 0.6 is 0 Å². The molecule has 1 fully saturated rings. The number of likely N-dealkylation sites (tertiary alicyclic amines) is 1. The number of nitrogens with zero attached hydrogens (tertiary/aromatic N) is 2. The Balaban J connectivity index is 1.52. The maximum atomic E-state index is 15.6. The molecule has 2 aliphatic heterocycles. The maximum Gasteiger partial charge on any atom is 0.417 e. The van der Waals surface area contributed by atoms with Crippen molar-refractivity contribution in [3.8, 4) is 5.75 Å². The van der Waals surface area contributed by atoms with Crippen LogP contribution in [0.4, 0.5) is 22.0 Å². The Hall–Kier alpha value is -2.92. The third-order valence-electron chi connectivity index (χ3n) is 7.04. The van der Waals surface area contributed by atoms with Gasteiger partial charge < -0.3 is 9.15 Å². The first kappa shape index (κ1) is 25.7. The summed E-state index contributed by atoms with van der Waals surface area (Å²) in [6, 6.07) is 3.56. The van der Waals surface area contributed by atoms with Crippen LogP contribution < -0.4 is 10.5 Å². The molecule has 1 N–H and O–H groups in total. The van der Waals surface area contributed by atoms with Crippen LogP contribution in [-0.4, -0.2) is 65.7 Å². The second-order valence-electron chi connectivity index (χ2n) is 10.1. The Labute approximate surface area is 210 Å². The van der Waals surface area contributed by atoms with E-state index < -0.39 is 48.6 Å². The summed E-state index contributed by atoms with van der Waals surface area (Å²) in [5, 5.41) is 0. The summed E-state index contributed by atoms with van der Waals surface area (Å²) in [6.45, 7) is 2.96. The van der Waals surface area contributed by atoms with Gasteiger partial charge in [0, 0.05) is 55.9 Å². The summed E-state index contributed by atoms with van der Waals surface area (Å²) in [5.41, 5.74) is 1.25. The molecule has 3 aromatic rings. The number of oxazole rings is 1. The highest BCUT2D eigenvalue weighted by molar-refractivity contribution is 5.78. The van der Waals surface area contributed by atoms with E-state index in [1.165, 1.54) is 4.90 Å². The smallest absolute Gasteiger partial charge is 0.417 e. The fraction of sp³-hybridized carbons (Fsp3) is 0.500. The zero-order valence-corrected chi connectivity index (χ0v) is 20.5. The van der Waals surface area contributed by atoms with Crippen molar-refractivity contribution >= 4 is 11.1 Å². The molecule has 200 valence electrons. The van der Waals surface area contributed by atoms with E-state index in [-0.39, 0.29) is 29.4 Å². The van der Waals surface area contributed by atoms with Crippen molar-refractivity contribution < 1.29 is 31.1 Å². The van der Waals surface area contributed by atoms with Gasteiger partial charge in [0.2, 0.25) is 0 Å². The van der Waals surface area contributed by atoms with Crippen LogP contribution in [0.15, 0.2) is 33.5 Å². The first-order valence-corrected chi connectivity index (χ1v) is 12.3. The fourth-order valence-electron chi connectivity index (χ4n) is 5.43. The van der Waals surface area contributed by atoms with Gasteiger partial charge in [0.05, 0.1) is 24.8 Å². The first-order chi connectivity index (χ1) is 17.5. The standard InChI is InChI=1S/C26H28F5N3O3/c1-14-8-18-17(4-5-21-24(18)37-25(35)32-21)23(34(14)13-26(2,30)31)22-19(28)9-15(10-20(22)29)36-16-11-33(12-16)7-3-6-27/h4-5,9-10,14,16,23H,3,6-8,11-13H2,1-2H3,(H,32,35)/t14-,23+/m1/s1. The van der Waals surface area contributed by atoms with Gasteiger partial charge in [0.15, 0.2) is 5.58 Å². The highest BCUT2D eigenvalue weighted by atomic mass is 19.3. The molecule has 2 atom stereocenters. The third-order valence-corrected chi connectivity index (χ3v) is 7.04. The molecule has 1 aromatic heterocycles. The van der Waals surface area contributed by atoms with Crippen LogP contribution in [0.25, 0.3) is 11.1 Å². The number of halogens is 5. The molecule has 0 aliphatic carbocycles. The van der Waals surface area contributed by atoms with Crippen molar-refractivity contribution in [1.82, 2.24) is 14.8 Å². The lowest BCUT2D eigenvalue weighted by molar-refractivity contribution is -0.0370. The van der Waals surface area contributed by atoms with E-state index in [0.29, 0.717) is 42.7 Å². The van der Waals surface area contributed by atoms with Gasteiger partial charge >= 0.3 is 5.76 Å². The Morgan fingerprint density at radius 2 is 1.89 bits per heavy atom. The van der Waals surface area contributed by atoms with E-state index >= 15 is 8.78 Å². The van der Waals surface area contributed by atoms with Crippen molar-refractivity contribution in [1.29, 1.82) is 0 Å². The number of H-pyrrole nitrogens is 1. The second kappa shape index (κ2) is 9.75. The molecule has 37 heavy (non-hydrogen) atoms.